The van der Waals surface area contributed by atoms with Crippen molar-refractivity contribution in [1.29, 1.82) is 0 Å². The maximum atomic E-state index is 11.8. The van der Waals surface area contributed by atoms with Crippen molar-refractivity contribution in [1.82, 2.24) is 15.1 Å². The number of imide groups is 1. The highest BCUT2D eigenvalue weighted by molar-refractivity contribution is 9.10. The van der Waals surface area contributed by atoms with Crippen LogP contribution in [0.4, 0.5) is 0 Å². The molecule has 1 fully saturated rings. The fourth-order valence-electron chi connectivity index (χ4n) is 2.41. The predicted octanol–water partition coefficient (Wildman–Crippen LogP) is 1.86. The SMILES string of the molecule is Cn1nc2cc(C3CCC(=O)NC3=O)ccc2c1Br. The first-order chi connectivity index (χ1) is 9.06. The molecular weight excluding hydrogens is 310 g/mol. The molecule has 2 aromatic rings. The third-order valence-electron chi connectivity index (χ3n) is 3.43. The van der Waals surface area contributed by atoms with E-state index in [-0.39, 0.29) is 17.7 Å². The summed E-state index contributed by atoms with van der Waals surface area (Å²) >= 11 is 3.47. The summed E-state index contributed by atoms with van der Waals surface area (Å²) in [5, 5.41) is 7.77. The van der Waals surface area contributed by atoms with Crippen LogP contribution in [0.3, 0.4) is 0 Å². The van der Waals surface area contributed by atoms with Gasteiger partial charge in [-0.15, -0.1) is 0 Å². The van der Waals surface area contributed by atoms with Gasteiger partial charge < -0.3 is 0 Å². The molecule has 0 saturated carbocycles. The Bertz CT molecular complexity index is 692. The largest absolute Gasteiger partial charge is 0.296 e. The smallest absolute Gasteiger partial charge is 0.234 e. The number of fused-ring (bicyclic) bond motifs is 1. The Morgan fingerprint density at radius 3 is 2.95 bits per heavy atom. The Kier molecular flexibility index (Phi) is 2.89. The van der Waals surface area contributed by atoms with Crippen molar-refractivity contribution in [3.8, 4) is 0 Å². The number of rotatable bonds is 1. The molecule has 1 aromatic carbocycles. The molecule has 0 aliphatic carbocycles. The minimum atomic E-state index is -0.261. The van der Waals surface area contributed by atoms with E-state index in [0.29, 0.717) is 12.8 Å². The van der Waals surface area contributed by atoms with Gasteiger partial charge in [-0.25, -0.2) is 0 Å². The molecule has 1 aliphatic rings. The number of amides is 2. The Morgan fingerprint density at radius 2 is 2.21 bits per heavy atom. The van der Waals surface area contributed by atoms with Gasteiger partial charge in [0.1, 0.15) is 4.60 Å². The maximum absolute atomic E-state index is 11.8. The van der Waals surface area contributed by atoms with Gasteiger partial charge in [0.05, 0.1) is 11.4 Å². The summed E-state index contributed by atoms with van der Waals surface area (Å²) in [6.07, 6.45) is 0.949. The Hall–Kier alpha value is -1.69. The Labute approximate surface area is 118 Å². The van der Waals surface area contributed by atoms with Crippen LogP contribution in [0.1, 0.15) is 24.3 Å². The number of aromatic nitrogens is 2. The van der Waals surface area contributed by atoms with Gasteiger partial charge in [0.25, 0.3) is 0 Å². The van der Waals surface area contributed by atoms with Crippen LogP contribution in [0.5, 0.6) is 0 Å². The minimum absolute atomic E-state index is 0.192. The van der Waals surface area contributed by atoms with E-state index in [1.54, 1.807) is 4.68 Å². The summed E-state index contributed by atoms with van der Waals surface area (Å²) < 4.78 is 2.66. The van der Waals surface area contributed by atoms with Crippen molar-refractivity contribution in [2.75, 3.05) is 0 Å². The van der Waals surface area contributed by atoms with Gasteiger partial charge in [0.15, 0.2) is 0 Å². The number of hydrogen-bond acceptors (Lipinski definition) is 3. The van der Waals surface area contributed by atoms with Crippen LogP contribution in [0, 0.1) is 0 Å². The fraction of sp³-hybridized carbons (Fsp3) is 0.308. The topological polar surface area (TPSA) is 64.0 Å². The van der Waals surface area contributed by atoms with E-state index in [1.165, 1.54) is 0 Å². The highest BCUT2D eigenvalue weighted by atomic mass is 79.9. The average molecular weight is 322 g/mol. The molecule has 1 unspecified atom stereocenters. The summed E-state index contributed by atoms with van der Waals surface area (Å²) in [5.74, 6) is -0.670. The molecule has 1 N–H and O–H groups in total. The van der Waals surface area contributed by atoms with E-state index in [0.717, 1.165) is 21.1 Å². The number of nitrogens with zero attached hydrogens (tertiary/aromatic N) is 2. The first kappa shape index (κ1) is 12.3. The Balaban J connectivity index is 2.01. The van der Waals surface area contributed by atoms with E-state index in [4.69, 9.17) is 0 Å². The van der Waals surface area contributed by atoms with Gasteiger partial charge in [0, 0.05) is 18.9 Å². The number of halogens is 1. The lowest BCUT2D eigenvalue weighted by Gasteiger charge is -2.20. The molecule has 6 heteroatoms. The molecule has 5 nitrogen and oxygen atoms in total. The zero-order valence-electron chi connectivity index (χ0n) is 10.3. The van der Waals surface area contributed by atoms with Crippen LogP contribution in [0.15, 0.2) is 22.8 Å². The molecule has 0 bridgehead atoms. The van der Waals surface area contributed by atoms with E-state index in [9.17, 15) is 9.59 Å². The molecular formula is C13H12BrN3O2. The average Bonchev–Trinajstić information content (AvgIpc) is 2.64. The summed E-state index contributed by atoms with van der Waals surface area (Å²) in [5.41, 5.74) is 1.75. The van der Waals surface area contributed by atoms with E-state index in [2.05, 4.69) is 26.3 Å². The molecule has 3 rings (SSSR count). The molecule has 19 heavy (non-hydrogen) atoms. The first-order valence-corrected chi connectivity index (χ1v) is 6.81. The second kappa shape index (κ2) is 4.45. The molecule has 98 valence electrons. The molecule has 1 saturated heterocycles. The van der Waals surface area contributed by atoms with Crippen LogP contribution in [0.2, 0.25) is 0 Å². The van der Waals surface area contributed by atoms with Crippen LogP contribution >= 0.6 is 15.9 Å². The number of carbonyl (C=O) groups excluding carboxylic acids is 2. The number of carbonyl (C=O) groups is 2. The van der Waals surface area contributed by atoms with Crippen molar-refractivity contribution in [3.05, 3.63) is 28.4 Å². The molecule has 1 aromatic heterocycles. The molecule has 0 radical (unpaired) electrons. The van der Waals surface area contributed by atoms with Crippen molar-refractivity contribution < 1.29 is 9.59 Å². The van der Waals surface area contributed by atoms with Crippen molar-refractivity contribution in [2.24, 2.45) is 7.05 Å². The van der Waals surface area contributed by atoms with E-state index >= 15 is 0 Å². The van der Waals surface area contributed by atoms with Crippen LogP contribution in [-0.2, 0) is 16.6 Å². The maximum Gasteiger partial charge on any atom is 0.234 e. The fourth-order valence-corrected chi connectivity index (χ4v) is 2.83. The van der Waals surface area contributed by atoms with Gasteiger partial charge >= 0.3 is 0 Å². The van der Waals surface area contributed by atoms with Gasteiger partial charge in [-0.1, -0.05) is 6.07 Å². The number of nitrogens with one attached hydrogen (secondary N) is 1. The molecule has 1 aliphatic heterocycles. The lowest BCUT2D eigenvalue weighted by atomic mass is 9.90. The van der Waals surface area contributed by atoms with Crippen molar-refractivity contribution in [2.45, 2.75) is 18.8 Å². The second-order valence-corrected chi connectivity index (χ2v) is 5.45. The monoisotopic (exact) mass is 321 g/mol. The minimum Gasteiger partial charge on any atom is -0.296 e. The molecule has 2 heterocycles. The van der Waals surface area contributed by atoms with Gasteiger partial charge in [0.2, 0.25) is 11.8 Å². The summed E-state index contributed by atoms with van der Waals surface area (Å²) in [6.45, 7) is 0. The zero-order chi connectivity index (χ0) is 13.6. The van der Waals surface area contributed by atoms with Crippen molar-refractivity contribution in [3.63, 3.8) is 0 Å². The highest BCUT2D eigenvalue weighted by Gasteiger charge is 2.28. The molecule has 0 spiro atoms. The summed E-state index contributed by atoms with van der Waals surface area (Å²) in [4.78, 5) is 23.0. The summed E-state index contributed by atoms with van der Waals surface area (Å²) in [6, 6.07) is 5.79. The summed E-state index contributed by atoms with van der Waals surface area (Å²) in [7, 11) is 1.86. The normalized spacial score (nSPS) is 19.8. The lowest BCUT2D eigenvalue weighted by Crippen LogP contribution is -2.39. The van der Waals surface area contributed by atoms with Crippen molar-refractivity contribution >= 4 is 38.6 Å². The number of hydrogen-bond donors (Lipinski definition) is 1. The quantitative estimate of drug-likeness (QED) is 0.815. The lowest BCUT2D eigenvalue weighted by molar-refractivity contribution is -0.134. The van der Waals surface area contributed by atoms with Gasteiger partial charge in [-0.2, -0.15) is 5.10 Å². The third kappa shape index (κ3) is 2.06. The number of piperidine rings is 1. The van der Waals surface area contributed by atoms with E-state index in [1.807, 2.05) is 25.2 Å². The van der Waals surface area contributed by atoms with Crippen LogP contribution in [-0.4, -0.2) is 21.6 Å². The van der Waals surface area contributed by atoms with Gasteiger partial charge in [-0.05, 0) is 40.0 Å². The highest BCUT2D eigenvalue weighted by Crippen LogP contribution is 2.29. The van der Waals surface area contributed by atoms with Crippen LogP contribution < -0.4 is 5.32 Å². The van der Waals surface area contributed by atoms with Gasteiger partial charge in [-0.3, -0.25) is 19.6 Å². The first-order valence-electron chi connectivity index (χ1n) is 6.02. The standard InChI is InChI=1S/C13H12BrN3O2/c1-17-12(14)9-3-2-7(6-10(9)16-17)8-4-5-11(18)15-13(8)19/h2-3,6,8H,4-5H2,1H3,(H,15,18,19). The predicted molar refractivity (Wildman–Crippen MR) is 73.5 cm³/mol. The molecule has 2 amide bonds. The third-order valence-corrected chi connectivity index (χ3v) is 4.37. The van der Waals surface area contributed by atoms with E-state index < -0.39 is 0 Å². The molecule has 1 atom stereocenters. The number of benzene rings is 1. The second-order valence-electron chi connectivity index (χ2n) is 4.69. The van der Waals surface area contributed by atoms with Crippen LogP contribution in [0.25, 0.3) is 10.9 Å². The Morgan fingerprint density at radius 1 is 1.42 bits per heavy atom. The number of aryl methyl sites for hydroxylation is 1. The zero-order valence-corrected chi connectivity index (χ0v) is 11.9.